The van der Waals surface area contributed by atoms with Gasteiger partial charge in [0.1, 0.15) is 0 Å². The standard InChI is InChI=1S/2C8H17.C4H9.BrH.Sn/c2*1-3-5-7-8-6-4-2;1-3-4-2;;/h2*1,3-8H2,2H3;1,3-4H2,2H3;1H;. The summed E-state index contributed by atoms with van der Waals surface area (Å²) in [5.41, 5.74) is 0. The molecule has 0 rings (SSSR count). The van der Waals surface area contributed by atoms with Gasteiger partial charge in [0.05, 0.1) is 0 Å². The van der Waals surface area contributed by atoms with Gasteiger partial charge in [-0.1, -0.05) is 0 Å². The second-order valence-corrected chi connectivity index (χ2v) is 15.5. The van der Waals surface area contributed by atoms with Crippen molar-refractivity contribution in [3.05, 3.63) is 0 Å². The van der Waals surface area contributed by atoms with E-state index in [1.165, 1.54) is 70.6 Å². The van der Waals surface area contributed by atoms with Crippen molar-refractivity contribution in [2.45, 2.75) is 124 Å². The summed E-state index contributed by atoms with van der Waals surface area (Å²) in [5, 5.41) is 0. The van der Waals surface area contributed by atoms with Gasteiger partial charge in [0.25, 0.3) is 0 Å². The Morgan fingerprint density at radius 1 is 0.409 bits per heavy atom. The van der Waals surface area contributed by atoms with Crippen molar-refractivity contribution < 1.29 is 0 Å². The predicted molar refractivity (Wildman–Crippen MR) is 112 cm³/mol. The molecule has 0 aliphatic heterocycles. The zero-order valence-corrected chi connectivity index (χ0v) is 20.5. The van der Waals surface area contributed by atoms with Crippen LogP contribution in [0.25, 0.3) is 0 Å². The minimum absolute atomic E-state index is 0. The Morgan fingerprint density at radius 2 is 0.727 bits per heavy atom. The van der Waals surface area contributed by atoms with Crippen LogP contribution in [0.15, 0.2) is 0 Å². The average molecular weight is 483 g/mol. The fourth-order valence-electron chi connectivity index (χ4n) is 3.11. The van der Waals surface area contributed by atoms with E-state index in [1.54, 1.807) is 32.6 Å². The molecule has 0 nitrogen and oxygen atoms in total. The Kier molecular flexibility index (Phi) is 25.8. The summed E-state index contributed by atoms with van der Waals surface area (Å²) >= 11 is -0.957. The molecular weight excluding hydrogens is 439 g/mol. The van der Waals surface area contributed by atoms with Crippen molar-refractivity contribution in [1.29, 1.82) is 0 Å². The molecule has 0 heterocycles. The van der Waals surface area contributed by atoms with Crippen LogP contribution in [0.2, 0.25) is 13.3 Å². The average Bonchev–Trinajstić information content (AvgIpc) is 2.50. The molecular formula is C20H44BrSn. The van der Waals surface area contributed by atoms with Crippen LogP contribution in [0.1, 0.15) is 111 Å². The van der Waals surface area contributed by atoms with E-state index < -0.39 is 19.8 Å². The Labute approximate surface area is 160 Å². The molecule has 0 amide bonds. The van der Waals surface area contributed by atoms with Gasteiger partial charge in [-0.05, 0) is 0 Å². The van der Waals surface area contributed by atoms with Crippen LogP contribution < -0.4 is 0 Å². The summed E-state index contributed by atoms with van der Waals surface area (Å²) in [5.74, 6) is 0. The Morgan fingerprint density at radius 3 is 1.14 bits per heavy atom. The summed E-state index contributed by atoms with van der Waals surface area (Å²) in [4.78, 5) is 0. The van der Waals surface area contributed by atoms with Crippen LogP contribution in [0, 0.1) is 0 Å². The van der Waals surface area contributed by atoms with Crippen molar-refractivity contribution >= 4 is 36.7 Å². The quantitative estimate of drug-likeness (QED) is 0.144. The van der Waals surface area contributed by atoms with Crippen molar-refractivity contribution in [2.75, 3.05) is 0 Å². The van der Waals surface area contributed by atoms with E-state index in [2.05, 4.69) is 20.8 Å². The van der Waals surface area contributed by atoms with E-state index in [1.807, 2.05) is 0 Å². The summed E-state index contributed by atoms with van der Waals surface area (Å²) in [6, 6.07) is 0. The Bertz CT molecular complexity index is 169. The molecule has 0 aliphatic carbocycles. The molecule has 135 valence electrons. The zero-order chi connectivity index (χ0) is 15.6. The third-order valence-corrected chi connectivity index (χ3v) is 13.7. The van der Waals surface area contributed by atoms with Gasteiger partial charge in [-0.2, -0.15) is 0 Å². The summed E-state index contributed by atoms with van der Waals surface area (Å²) in [6.07, 6.45) is 20.9. The monoisotopic (exact) mass is 483 g/mol. The van der Waals surface area contributed by atoms with E-state index in [0.717, 1.165) is 0 Å². The molecule has 0 saturated carbocycles. The number of hydrogen-bond donors (Lipinski definition) is 0. The second-order valence-electron chi connectivity index (χ2n) is 6.89. The van der Waals surface area contributed by atoms with Crippen LogP contribution in [-0.4, -0.2) is 19.8 Å². The van der Waals surface area contributed by atoms with Gasteiger partial charge in [0.15, 0.2) is 0 Å². The van der Waals surface area contributed by atoms with Crippen molar-refractivity contribution in [3.8, 4) is 0 Å². The van der Waals surface area contributed by atoms with Crippen LogP contribution in [0.3, 0.4) is 0 Å². The third-order valence-electron chi connectivity index (χ3n) is 4.65. The minimum atomic E-state index is -0.957. The first kappa shape index (κ1) is 25.5. The first-order valence-corrected chi connectivity index (χ1v) is 16.2. The van der Waals surface area contributed by atoms with E-state index in [9.17, 15) is 0 Å². The van der Waals surface area contributed by atoms with Gasteiger partial charge < -0.3 is 0 Å². The normalized spacial score (nSPS) is 10.9. The molecule has 1 radical (unpaired) electrons. The molecule has 22 heavy (non-hydrogen) atoms. The van der Waals surface area contributed by atoms with Crippen LogP contribution in [-0.2, 0) is 0 Å². The molecule has 0 bridgehead atoms. The predicted octanol–water partition coefficient (Wildman–Crippen LogP) is 8.58. The van der Waals surface area contributed by atoms with Crippen molar-refractivity contribution in [1.82, 2.24) is 0 Å². The first-order chi connectivity index (χ1) is 10.3. The molecule has 0 aromatic heterocycles. The molecule has 0 atom stereocenters. The summed E-state index contributed by atoms with van der Waals surface area (Å²) < 4.78 is 5.12. The fraction of sp³-hybridized carbons (Fsp3) is 1.00. The summed E-state index contributed by atoms with van der Waals surface area (Å²) in [6.45, 7) is 7.00. The van der Waals surface area contributed by atoms with Gasteiger partial charge in [-0.3, -0.25) is 0 Å². The molecule has 0 unspecified atom stereocenters. The zero-order valence-electron chi connectivity index (χ0n) is 15.9. The maximum absolute atomic E-state index is 2.37. The van der Waals surface area contributed by atoms with Gasteiger partial charge in [0, 0.05) is 0 Å². The molecule has 0 aliphatic rings. The first-order valence-electron chi connectivity index (χ1n) is 10.2. The summed E-state index contributed by atoms with van der Waals surface area (Å²) in [7, 11) is 0. The number of unbranched alkanes of at least 4 members (excludes halogenated alkanes) is 11. The molecule has 0 spiro atoms. The third kappa shape index (κ3) is 19.3. The Hall–Kier alpha value is 1.28. The number of hydrogen-bond acceptors (Lipinski definition) is 0. The fourth-order valence-corrected chi connectivity index (χ4v) is 12.0. The molecule has 0 aromatic carbocycles. The van der Waals surface area contributed by atoms with Crippen molar-refractivity contribution in [3.63, 3.8) is 0 Å². The molecule has 0 saturated heterocycles. The van der Waals surface area contributed by atoms with Crippen molar-refractivity contribution in [2.24, 2.45) is 0 Å². The number of rotatable bonds is 17. The molecule has 0 fully saturated rings. The van der Waals surface area contributed by atoms with E-state index in [4.69, 9.17) is 0 Å². The Balaban J connectivity index is 0. The van der Waals surface area contributed by atoms with E-state index >= 15 is 0 Å². The molecule has 0 aromatic rings. The SMILES string of the molecule is Br.CCCCCCC[CH2][Sn]([CH2]CCC)[CH2]CCCCCCC. The molecule has 2 heteroatoms. The van der Waals surface area contributed by atoms with E-state index in [-0.39, 0.29) is 17.0 Å². The van der Waals surface area contributed by atoms with Gasteiger partial charge >= 0.3 is 144 Å². The van der Waals surface area contributed by atoms with Crippen LogP contribution in [0.5, 0.6) is 0 Å². The van der Waals surface area contributed by atoms with Gasteiger partial charge in [0.2, 0.25) is 0 Å². The van der Waals surface area contributed by atoms with Gasteiger partial charge in [-0.15, -0.1) is 17.0 Å². The van der Waals surface area contributed by atoms with E-state index in [0.29, 0.717) is 0 Å². The maximum atomic E-state index is 2.37. The van der Waals surface area contributed by atoms with Crippen LogP contribution in [0.4, 0.5) is 0 Å². The van der Waals surface area contributed by atoms with Crippen LogP contribution >= 0.6 is 17.0 Å². The topological polar surface area (TPSA) is 0 Å². The van der Waals surface area contributed by atoms with Gasteiger partial charge in [-0.25, -0.2) is 0 Å². The second kappa shape index (κ2) is 22.3. The number of halogens is 1. The molecule has 0 N–H and O–H groups in total.